The van der Waals surface area contributed by atoms with Gasteiger partial charge in [0.2, 0.25) is 27.7 Å². The number of nitrogens with zero attached hydrogens (tertiary/aromatic N) is 5. The number of halogens is 1. The van der Waals surface area contributed by atoms with E-state index in [0.29, 0.717) is 88.4 Å². The lowest BCUT2D eigenvalue weighted by molar-refractivity contribution is -0.144. The van der Waals surface area contributed by atoms with Crippen LogP contribution < -0.4 is 9.21 Å². The number of piperazine rings is 2. The zero-order chi connectivity index (χ0) is 34.6. The molecule has 2 saturated heterocycles. The highest BCUT2D eigenvalue weighted by atomic mass is 35.5. The predicted molar refractivity (Wildman–Crippen MR) is 191 cm³/mol. The third-order valence-corrected chi connectivity index (χ3v) is 10.8. The minimum absolute atomic E-state index is 0.0586. The Labute approximate surface area is 291 Å². The summed E-state index contributed by atoms with van der Waals surface area (Å²) in [5, 5.41) is 0.611. The minimum Gasteiger partial charge on any atom is -0.366 e. The Morgan fingerprint density at radius 3 is 1.96 bits per heavy atom. The van der Waals surface area contributed by atoms with E-state index in [9.17, 15) is 22.8 Å². The third kappa shape index (κ3) is 9.65. The van der Waals surface area contributed by atoms with Gasteiger partial charge in [0, 0.05) is 76.8 Å². The van der Waals surface area contributed by atoms with Crippen LogP contribution in [0.5, 0.6) is 0 Å². The van der Waals surface area contributed by atoms with Crippen LogP contribution >= 0.6 is 11.6 Å². The van der Waals surface area contributed by atoms with Crippen LogP contribution in [0.2, 0.25) is 5.02 Å². The molecule has 1 saturated carbocycles. The van der Waals surface area contributed by atoms with Gasteiger partial charge in [0.25, 0.3) is 0 Å². The number of benzene rings is 2. The van der Waals surface area contributed by atoms with Gasteiger partial charge in [0.05, 0.1) is 23.5 Å². The molecule has 5 rings (SSSR count). The summed E-state index contributed by atoms with van der Waals surface area (Å²) >= 11 is 6.13. The summed E-state index contributed by atoms with van der Waals surface area (Å²) in [7, 11) is -3.46. The molecule has 2 aromatic carbocycles. The van der Waals surface area contributed by atoms with Gasteiger partial charge >= 0.3 is 0 Å². The van der Waals surface area contributed by atoms with Crippen LogP contribution in [0.1, 0.15) is 52.0 Å². The van der Waals surface area contributed by atoms with E-state index in [1.54, 1.807) is 17.0 Å². The molecular weight excluding hydrogens is 650 g/mol. The summed E-state index contributed by atoms with van der Waals surface area (Å²) in [5.74, 6) is -0.176. The van der Waals surface area contributed by atoms with Crippen molar-refractivity contribution in [3.8, 4) is 0 Å². The maximum absolute atomic E-state index is 14.1. The van der Waals surface area contributed by atoms with Crippen molar-refractivity contribution >= 4 is 50.7 Å². The van der Waals surface area contributed by atoms with E-state index < -0.39 is 15.9 Å². The first-order valence-electron chi connectivity index (χ1n) is 17.1. The monoisotopic (exact) mass is 699 g/mol. The molecule has 0 bridgehead atoms. The lowest BCUT2D eigenvalue weighted by Crippen LogP contribution is -2.53. The molecule has 2 heterocycles. The standard InChI is InChI=1S/C36H50ClN5O5S/c1-36(2,3)25-34(44)40-19-17-39(18-20-40)33(43)24-29(23-27-11-13-30(37)14-12-27)35(45)41-21-15-38(16-22-41)31-7-5-6-8-32(31)42(48(4,46)47)26-28-9-10-28/h5-8,11-14,28-29H,9-10,15-26H2,1-4H3/t29-/m0/s1. The summed E-state index contributed by atoms with van der Waals surface area (Å²) in [5.41, 5.74) is 2.37. The van der Waals surface area contributed by atoms with Crippen LogP contribution in [-0.4, -0.2) is 106 Å². The normalized spacial score (nSPS) is 18.1. The summed E-state index contributed by atoms with van der Waals surface area (Å²) in [4.78, 5) is 48.1. The molecule has 0 N–H and O–H groups in total. The summed E-state index contributed by atoms with van der Waals surface area (Å²) in [6.07, 6.45) is 4.32. The van der Waals surface area contributed by atoms with Crippen molar-refractivity contribution < 1.29 is 22.8 Å². The first-order chi connectivity index (χ1) is 22.7. The Morgan fingerprint density at radius 2 is 1.40 bits per heavy atom. The molecular formula is C36H50ClN5O5S. The van der Waals surface area contributed by atoms with Gasteiger partial charge in [-0.25, -0.2) is 8.42 Å². The number of para-hydroxylation sites is 2. The molecule has 2 aliphatic heterocycles. The van der Waals surface area contributed by atoms with Crippen LogP contribution in [0, 0.1) is 17.3 Å². The number of anilines is 2. The van der Waals surface area contributed by atoms with E-state index in [2.05, 4.69) is 4.90 Å². The van der Waals surface area contributed by atoms with E-state index >= 15 is 0 Å². The molecule has 3 amide bonds. The lowest BCUT2D eigenvalue weighted by atomic mass is 9.91. The van der Waals surface area contributed by atoms with Crippen molar-refractivity contribution in [3.63, 3.8) is 0 Å². The quantitative estimate of drug-likeness (QED) is 0.342. The van der Waals surface area contributed by atoms with Crippen LogP contribution in [0.3, 0.4) is 0 Å². The minimum atomic E-state index is -3.46. The summed E-state index contributed by atoms with van der Waals surface area (Å²) < 4.78 is 27.2. The Morgan fingerprint density at radius 1 is 0.833 bits per heavy atom. The zero-order valence-corrected chi connectivity index (χ0v) is 30.3. The lowest BCUT2D eigenvalue weighted by Gasteiger charge is -2.40. The molecule has 0 spiro atoms. The van der Waals surface area contributed by atoms with Gasteiger partial charge in [-0.2, -0.15) is 0 Å². The number of hydrogen-bond donors (Lipinski definition) is 0. The van der Waals surface area contributed by atoms with Crippen molar-refractivity contribution in [1.29, 1.82) is 0 Å². The Bertz CT molecular complexity index is 1560. The highest BCUT2D eigenvalue weighted by Crippen LogP contribution is 2.37. The summed E-state index contributed by atoms with van der Waals surface area (Å²) in [6, 6.07) is 15.0. The number of sulfonamides is 1. The molecule has 12 heteroatoms. The number of hydrogen-bond acceptors (Lipinski definition) is 6. The SMILES string of the molecule is CC(C)(C)CC(=O)N1CCN(C(=O)C[C@H](Cc2ccc(Cl)cc2)C(=O)N2CCN(c3ccccc3N(CC3CC3)S(C)(=O)=O)CC2)CC1. The van der Waals surface area contributed by atoms with E-state index in [1.807, 2.05) is 67.0 Å². The van der Waals surface area contributed by atoms with Crippen molar-refractivity contribution in [2.24, 2.45) is 17.3 Å². The first kappa shape index (κ1) is 36.0. The maximum Gasteiger partial charge on any atom is 0.232 e. The molecule has 1 atom stereocenters. The molecule has 0 radical (unpaired) electrons. The summed E-state index contributed by atoms with van der Waals surface area (Å²) in [6.45, 7) is 10.6. The van der Waals surface area contributed by atoms with Crippen molar-refractivity contribution in [3.05, 3.63) is 59.1 Å². The van der Waals surface area contributed by atoms with E-state index in [0.717, 1.165) is 24.1 Å². The molecule has 3 fully saturated rings. The third-order valence-electron chi connectivity index (χ3n) is 9.44. The fourth-order valence-corrected chi connectivity index (χ4v) is 7.70. The van der Waals surface area contributed by atoms with Gasteiger partial charge in [-0.05, 0) is 60.4 Å². The Hall–Kier alpha value is -3.31. The molecule has 48 heavy (non-hydrogen) atoms. The van der Waals surface area contributed by atoms with Crippen LogP contribution in [-0.2, 0) is 30.8 Å². The second kappa shape index (κ2) is 15.1. The molecule has 3 aliphatic rings. The van der Waals surface area contributed by atoms with E-state index in [1.165, 1.54) is 10.6 Å². The van der Waals surface area contributed by atoms with Crippen molar-refractivity contribution in [2.45, 2.75) is 52.9 Å². The van der Waals surface area contributed by atoms with Gasteiger partial charge < -0.3 is 19.6 Å². The number of amides is 3. The highest BCUT2D eigenvalue weighted by Gasteiger charge is 2.34. The molecule has 0 aromatic heterocycles. The fourth-order valence-electron chi connectivity index (χ4n) is 6.58. The molecule has 1 aliphatic carbocycles. The average Bonchev–Trinajstić information content (AvgIpc) is 3.87. The van der Waals surface area contributed by atoms with Crippen LogP contribution in [0.25, 0.3) is 0 Å². The van der Waals surface area contributed by atoms with Gasteiger partial charge in [-0.3, -0.25) is 18.7 Å². The number of carbonyl (C=O) groups is 3. The van der Waals surface area contributed by atoms with Crippen LogP contribution in [0.4, 0.5) is 11.4 Å². The zero-order valence-electron chi connectivity index (χ0n) is 28.7. The Balaban J connectivity index is 1.24. The highest BCUT2D eigenvalue weighted by molar-refractivity contribution is 7.92. The fraction of sp³-hybridized carbons (Fsp3) is 0.583. The van der Waals surface area contributed by atoms with E-state index in [-0.39, 0.29) is 29.6 Å². The maximum atomic E-state index is 14.1. The van der Waals surface area contributed by atoms with Crippen molar-refractivity contribution in [2.75, 3.05) is 74.4 Å². The predicted octanol–water partition coefficient (Wildman–Crippen LogP) is 4.52. The van der Waals surface area contributed by atoms with Gasteiger partial charge in [0.1, 0.15) is 0 Å². The first-order valence-corrected chi connectivity index (χ1v) is 19.3. The number of carbonyl (C=O) groups excluding carboxylic acids is 3. The molecule has 10 nitrogen and oxygen atoms in total. The Kier molecular flexibility index (Phi) is 11.3. The van der Waals surface area contributed by atoms with Gasteiger partial charge in [-0.15, -0.1) is 0 Å². The molecule has 262 valence electrons. The smallest absolute Gasteiger partial charge is 0.232 e. The second-order valence-corrected chi connectivity index (χ2v) is 17.1. The van der Waals surface area contributed by atoms with Gasteiger partial charge in [0.15, 0.2) is 0 Å². The van der Waals surface area contributed by atoms with Crippen LogP contribution in [0.15, 0.2) is 48.5 Å². The molecule has 0 unspecified atom stereocenters. The number of rotatable bonds is 11. The second-order valence-electron chi connectivity index (χ2n) is 14.8. The topological polar surface area (TPSA) is 102 Å². The largest absolute Gasteiger partial charge is 0.366 e. The van der Waals surface area contributed by atoms with Gasteiger partial charge in [-0.1, -0.05) is 56.6 Å². The molecule has 2 aromatic rings. The van der Waals surface area contributed by atoms with Crippen molar-refractivity contribution in [1.82, 2.24) is 14.7 Å². The average molecular weight is 700 g/mol. The van der Waals surface area contributed by atoms with E-state index in [4.69, 9.17) is 11.6 Å².